The zero-order valence-electron chi connectivity index (χ0n) is 17.9. The second-order valence-corrected chi connectivity index (χ2v) is 9.30. The van der Waals surface area contributed by atoms with Crippen LogP contribution in [0.2, 0.25) is 0 Å². The quantitative estimate of drug-likeness (QED) is 0.673. The van der Waals surface area contributed by atoms with Crippen LogP contribution in [-0.4, -0.2) is 97.3 Å². The number of hydrogen-bond donors (Lipinski definition) is 1. The van der Waals surface area contributed by atoms with Crippen molar-refractivity contribution in [1.82, 2.24) is 25.3 Å². The highest BCUT2D eigenvalue weighted by Gasteiger charge is 2.30. The Balaban J connectivity index is 1.23. The van der Waals surface area contributed by atoms with Gasteiger partial charge in [-0.15, -0.1) is 10.2 Å². The lowest BCUT2D eigenvalue weighted by Crippen LogP contribution is -2.49. The highest BCUT2D eigenvalue weighted by atomic mass is 32.1. The molecule has 30 heavy (non-hydrogen) atoms. The van der Waals surface area contributed by atoms with E-state index >= 15 is 0 Å². The fourth-order valence-corrected chi connectivity index (χ4v) is 5.40. The van der Waals surface area contributed by atoms with E-state index in [0.29, 0.717) is 24.6 Å². The standard InChI is InChI=1S/C20H33N7O2S/c1-2-24-11-13-25(14-12-24)10-7-21-18(29)16-5-3-8-26(15-16)19-22-23-20(30-19)27-9-4-6-17(27)28/h16H,2-15H2,1H3,(H,21,29). The van der Waals surface area contributed by atoms with Gasteiger partial charge in [-0.25, -0.2) is 0 Å². The van der Waals surface area contributed by atoms with Crippen molar-refractivity contribution in [2.75, 3.05) is 75.2 Å². The molecule has 1 aromatic rings. The Kier molecular flexibility index (Phi) is 7.16. The summed E-state index contributed by atoms with van der Waals surface area (Å²) in [7, 11) is 0. The van der Waals surface area contributed by atoms with Crippen LogP contribution in [0.1, 0.15) is 32.6 Å². The molecule has 1 unspecified atom stereocenters. The van der Waals surface area contributed by atoms with Crippen LogP contribution in [0.5, 0.6) is 0 Å². The molecule has 0 saturated carbocycles. The number of likely N-dealkylation sites (N-methyl/N-ethyl adjacent to an activating group) is 1. The fraction of sp³-hybridized carbons (Fsp3) is 0.800. The molecule has 1 atom stereocenters. The summed E-state index contributed by atoms with van der Waals surface area (Å²) < 4.78 is 0. The fourth-order valence-electron chi connectivity index (χ4n) is 4.47. The second-order valence-electron chi connectivity index (χ2n) is 8.37. The maximum atomic E-state index is 12.7. The summed E-state index contributed by atoms with van der Waals surface area (Å²) in [6.07, 6.45) is 3.35. The first-order valence-corrected chi connectivity index (χ1v) is 12.1. The van der Waals surface area contributed by atoms with Crippen LogP contribution in [0.3, 0.4) is 0 Å². The molecular weight excluding hydrogens is 402 g/mol. The molecule has 0 aromatic carbocycles. The highest BCUT2D eigenvalue weighted by molar-refractivity contribution is 7.19. The maximum absolute atomic E-state index is 12.7. The van der Waals surface area contributed by atoms with Gasteiger partial charge in [-0.2, -0.15) is 0 Å². The minimum atomic E-state index is -0.0172. The van der Waals surface area contributed by atoms with Crippen molar-refractivity contribution in [3.63, 3.8) is 0 Å². The van der Waals surface area contributed by atoms with Gasteiger partial charge in [-0.05, 0) is 25.8 Å². The molecule has 3 aliphatic rings. The molecule has 9 nitrogen and oxygen atoms in total. The van der Waals surface area contributed by atoms with Gasteiger partial charge in [0, 0.05) is 65.3 Å². The summed E-state index contributed by atoms with van der Waals surface area (Å²) in [4.78, 5) is 33.4. The molecule has 0 spiro atoms. The number of piperazine rings is 1. The first kappa shape index (κ1) is 21.5. The zero-order valence-corrected chi connectivity index (χ0v) is 18.7. The number of aromatic nitrogens is 2. The zero-order chi connectivity index (χ0) is 20.9. The third-order valence-electron chi connectivity index (χ3n) is 6.41. The Bertz CT molecular complexity index is 734. The van der Waals surface area contributed by atoms with Crippen LogP contribution in [0, 0.1) is 5.92 Å². The van der Waals surface area contributed by atoms with Crippen molar-refractivity contribution in [2.24, 2.45) is 5.92 Å². The molecule has 3 aliphatic heterocycles. The lowest BCUT2D eigenvalue weighted by molar-refractivity contribution is -0.125. The first-order chi connectivity index (χ1) is 14.6. The Morgan fingerprint density at radius 1 is 1.07 bits per heavy atom. The first-order valence-electron chi connectivity index (χ1n) is 11.2. The molecule has 10 heteroatoms. The van der Waals surface area contributed by atoms with Gasteiger partial charge in [0.1, 0.15) is 0 Å². The molecule has 0 radical (unpaired) electrons. The van der Waals surface area contributed by atoms with E-state index in [9.17, 15) is 9.59 Å². The van der Waals surface area contributed by atoms with Crippen molar-refractivity contribution < 1.29 is 9.59 Å². The molecule has 0 bridgehead atoms. The maximum Gasteiger partial charge on any atom is 0.228 e. The van der Waals surface area contributed by atoms with Gasteiger partial charge >= 0.3 is 0 Å². The molecular formula is C20H33N7O2S. The molecule has 3 saturated heterocycles. The van der Waals surface area contributed by atoms with Gasteiger partial charge in [0.2, 0.25) is 22.1 Å². The van der Waals surface area contributed by atoms with E-state index in [4.69, 9.17) is 0 Å². The molecule has 2 amide bonds. The number of anilines is 2. The van der Waals surface area contributed by atoms with Gasteiger partial charge < -0.3 is 15.1 Å². The topological polar surface area (TPSA) is 84.9 Å². The molecule has 4 heterocycles. The van der Waals surface area contributed by atoms with Crippen LogP contribution in [0.25, 0.3) is 0 Å². The highest BCUT2D eigenvalue weighted by Crippen LogP contribution is 2.32. The molecule has 166 valence electrons. The monoisotopic (exact) mass is 435 g/mol. The molecule has 4 rings (SSSR count). The molecule has 1 N–H and O–H groups in total. The summed E-state index contributed by atoms with van der Waals surface area (Å²) in [5.41, 5.74) is 0. The van der Waals surface area contributed by atoms with Crippen LogP contribution in [0.4, 0.5) is 10.3 Å². The van der Waals surface area contributed by atoms with E-state index in [-0.39, 0.29) is 17.7 Å². The molecule has 0 aliphatic carbocycles. The minimum Gasteiger partial charge on any atom is -0.355 e. The summed E-state index contributed by atoms with van der Waals surface area (Å²) in [6.45, 7) is 11.6. The Morgan fingerprint density at radius 3 is 2.57 bits per heavy atom. The lowest BCUT2D eigenvalue weighted by Gasteiger charge is -2.34. The summed E-state index contributed by atoms with van der Waals surface area (Å²) >= 11 is 1.46. The van der Waals surface area contributed by atoms with E-state index < -0.39 is 0 Å². The summed E-state index contributed by atoms with van der Waals surface area (Å²) in [6, 6.07) is 0. The molecule has 3 fully saturated rings. The number of carbonyl (C=O) groups is 2. The van der Waals surface area contributed by atoms with Gasteiger partial charge in [0.15, 0.2) is 0 Å². The van der Waals surface area contributed by atoms with E-state index in [0.717, 1.165) is 76.8 Å². The number of carbonyl (C=O) groups excluding carboxylic acids is 2. The van der Waals surface area contributed by atoms with Crippen molar-refractivity contribution >= 4 is 33.4 Å². The van der Waals surface area contributed by atoms with Gasteiger partial charge in [-0.3, -0.25) is 19.4 Å². The number of hydrogen-bond acceptors (Lipinski definition) is 8. The number of nitrogens with zero attached hydrogens (tertiary/aromatic N) is 6. The largest absolute Gasteiger partial charge is 0.355 e. The Morgan fingerprint density at radius 2 is 1.83 bits per heavy atom. The summed E-state index contributed by atoms with van der Waals surface area (Å²) in [5, 5.41) is 13.2. The van der Waals surface area contributed by atoms with Crippen LogP contribution >= 0.6 is 11.3 Å². The Labute approximate surface area is 182 Å². The average Bonchev–Trinajstić information content (AvgIpc) is 3.43. The number of amides is 2. The summed E-state index contributed by atoms with van der Waals surface area (Å²) in [5.74, 6) is 0.257. The van der Waals surface area contributed by atoms with Crippen molar-refractivity contribution in [3.8, 4) is 0 Å². The normalized spacial score (nSPS) is 23.9. The Hall–Kier alpha value is -1.78. The van der Waals surface area contributed by atoms with Crippen LogP contribution < -0.4 is 15.1 Å². The van der Waals surface area contributed by atoms with Crippen molar-refractivity contribution in [1.29, 1.82) is 0 Å². The number of piperidine rings is 1. The van der Waals surface area contributed by atoms with Crippen LogP contribution in [-0.2, 0) is 9.59 Å². The van der Waals surface area contributed by atoms with Crippen LogP contribution in [0.15, 0.2) is 0 Å². The SMILES string of the molecule is CCN1CCN(CCNC(=O)C2CCCN(c3nnc(N4CCCC4=O)s3)C2)CC1. The van der Waals surface area contributed by atoms with E-state index in [1.54, 1.807) is 4.90 Å². The third kappa shape index (κ3) is 5.09. The predicted octanol–water partition coefficient (Wildman–Crippen LogP) is 0.635. The van der Waals surface area contributed by atoms with E-state index in [1.807, 2.05) is 0 Å². The van der Waals surface area contributed by atoms with Crippen molar-refractivity contribution in [3.05, 3.63) is 0 Å². The average molecular weight is 436 g/mol. The van der Waals surface area contributed by atoms with Gasteiger partial charge in [-0.1, -0.05) is 18.3 Å². The number of nitrogens with one attached hydrogen (secondary N) is 1. The second kappa shape index (κ2) is 10.0. The van der Waals surface area contributed by atoms with Gasteiger partial charge in [0.25, 0.3) is 0 Å². The minimum absolute atomic E-state index is 0.0172. The van der Waals surface area contributed by atoms with Crippen molar-refractivity contribution in [2.45, 2.75) is 32.6 Å². The number of rotatable bonds is 7. The van der Waals surface area contributed by atoms with E-state index in [1.165, 1.54) is 11.3 Å². The third-order valence-corrected chi connectivity index (χ3v) is 7.42. The predicted molar refractivity (Wildman–Crippen MR) is 118 cm³/mol. The lowest BCUT2D eigenvalue weighted by atomic mass is 9.97. The van der Waals surface area contributed by atoms with Gasteiger partial charge in [0.05, 0.1) is 5.92 Å². The smallest absolute Gasteiger partial charge is 0.228 e. The van der Waals surface area contributed by atoms with E-state index in [2.05, 4.69) is 37.1 Å². The molecule has 1 aromatic heterocycles.